The minimum atomic E-state index is 0.00129. The summed E-state index contributed by atoms with van der Waals surface area (Å²) >= 11 is 0. The van der Waals surface area contributed by atoms with Crippen LogP contribution in [0.2, 0.25) is 0 Å². The van der Waals surface area contributed by atoms with Crippen molar-refractivity contribution >= 4 is 5.91 Å². The number of carbonyl (C=O) groups excluding carboxylic acids is 1. The molecule has 3 nitrogen and oxygen atoms in total. The van der Waals surface area contributed by atoms with E-state index in [1.54, 1.807) is 0 Å². The average Bonchev–Trinajstić information content (AvgIpc) is 2.47. The molecule has 5 fully saturated rings. The van der Waals surface area contributed by atoms with Gasteiger partial charge in [-0.15, -0.1) is 0 Å². The van der Waals surface area contributed by atoms with Crippen LogP contribution in [-0.2, 0) is 4.79 Å². The van der Waals surface area contributed by atoms with Crippen LogP contribution in [0.5, 0.6) is 0 Å². The molecular formula is C18H30N2O. The minimum absolute atomic E-state index is 0.00129. The zero-order valence-electron chi connectivity index (χ0n) is 13.4. The molecule has 21 heavy (non-hydrogen) atoms. The van der Waals surface area contributed by atoms with E-state index < -0.39 is 0 Å². The molecule has 3 heteroatoms. The molecule has 0 aromatic rings. The molecule has 0 radical (unpaired) electrons. The van der Waals surface area contributed by atoms with Crippen molar-refractivity contribution < 1.29 is 4.79 Å². The normalized spacial score (nSPS) is 45.8. The van der Waals surface area contributed by atoms with Crippen LogP contribution in [0.3, 0.4) is 0 Å². The SMILES string of the molecule is CNC1C2CC3CC1CC(C(=O)NC1CCCCC1)(C3)C2. The molecule has 118 valence electrons. The van der Waals surface area contributed by atoms with E-state index in [1.165, 1.54) is 51.4 Å². The fourth-order valence-electron chi connectivity index (χ4n) is 6.36. The van der Waals surface area contributed by atoms with Crippen LogP contribution in [0.15, 0.2) is 0 Å². The van der Waals surface area contributed by atoms with Gasteiger partial charge >= 0.3 is 0 Å². The Bertz CT molecular complexity index is 399. The van der Waals surface area contributed by atoms with Gasteiger partial charge in [-0.1, -0.05) is 19.3 Å². The lowest BCUT2D eigenvalue weighted by molar-refractivity contribution is -0.150. The quantitative estimate of drug-likeness (QED) is 0.839. The van der Waals surface area contributed by atoms with E-state index in [4.69, 9.17) is 0 Å². The summed E-state index contributed by atoms with van der Waals surface area (Å²) in [5.74, 6) is 2.74. The van der Waals surface area contributed by atoms with Crippen molar-refractivity contribution in [2.45, 2.75) is 76.3 Å². The summed E-state index contributed by atoms with van der Waals surface area (Å²) in [7, 11) is 2.11. The monoisotopic (exact) mass is 290 g/mol. The van der Waals surface area contributed by atoms with E-state index in [0.29, 0.717) is 18.0 Å². The van der Waals surface area contributed by atoms with Crippen molar-refractivity contribution in [1.29, 1.82) is 0 Å². The molecule has 4 bridgehead atoms. The number of nitrogens with one attached hydrogen (secondary N) is 2. The highest BCUT2D eigenvalue weighted by Gasteiger charge is 2.58. The molecule has 2 atom stereocenters. The average molecular weight is 290 g/mol. The molecule has 5 aliphatic rings. The summed E-state index contributed by atoms with van der Waals surface area (Å²) in [6.07, 6.45) is 12.5. The van der Waals surface area contributed by atoms with E-state index in [-0.39, 0.29) is 5.41 Å². The van der Waals surface area contributed by atoms with Crippen LogP contribution in [0, 0.1) is 23.2 Å². The fraction of sp³-hybridized carbons (Fsp3) is 0.944. The molecular weight excluding hydrogens is 260 g/mol. The van der Waals surface area contributed by atoms with E-state index in [9.17, 15) is 4.79 Å². The zero-order valence-corrected chi connectivity index (χ0v) is 13.4. The van der Waals surface area contributed by atoms with Gasteiger partial charge in [0.25, 0.3) is 0 Å². The van der Waals surface area contributed by atoms with Crippen molar-refractivity contribution in [2.75, 3.05) is 7.05 Å². The third-order valence-electron chi connectivity index (χ3n) is 7.03. The van der Waals surface area contributed by atoms with Gasteiger partial charge in [-0.3, -0.25) is 4.79 Å². The molecule has 0 aliphatic heterocycles. The second-order valence-corrected chi connectivity index (χ2v) is 8.37. The number of amides is 1. The second-order valence-electron chi connectivity index (χ2n) is 8.37. The summed E-state index contributed by atoms with van der Waals surface area (Å²) in [5.41, 5.74) is 0.00129. The maximum absolute atomic E-state index is 13.0. The Labute approximate surface area is 128 Å². The van der Waals surface area contributed by atoms with Gasteiger partial charge in [0.15, 0.2) is 0 Å². The molecule has 2 unspecified atom stereocenters. The molecule has 2 N–H and O–H groups in total. The van der Waals surface area contributed by atoms with E-state index in [1.807, 2.05) is 0 Å². The standard InChI is InChI=1S/C18H30N2O/c1-19-16-13-7-12-8-14(16)11-18(9-12,10-13)17(21)20-15-5-3-2-4-6-15/h12-16,19H,2-11H2,1H3,(H,20,21). The Morgan fingerprint density at radius 2 is 1.67 bits per heavy atom. The number of rotatable bonds is 3. The van der Waals surface area contributed by atoms with Crippen molar-refractivity contribution in [2.24, 2.45) is 23.2 Å². The van der Waals surface area contributed by atoms with Crippen LogP contribution in [0.25, 0.3) is 0 Å². The zero-order chi connectivity index (χ0) is 14.4. The van der Waals surface area contributed by atoms with Crippen LogP contribution in [0.4, 0.5) is 0 Å². The largest absolute Gasteiger partial charge is 0.353 e. The lowest BCUT2D eigenvalue weighted by Crippen LogP contribution is -2.62. The van der Waals surface area contributed by atoms with Gasteiger partial charge in [0.1, 0.15) is 0 Å². The lowest BCUT2D eigenvalue weighted by atomic mass is 9.47. The van der Waals surface area contributed by atoms with Crippen molar-refractivity contribution in [3.63, 3.8) is 0 Å². The summed E-state index contributed by atoms with van der Waals surface area (Å²) < 4.78 is 0. The summed E-state index contributed by atoms with van der Waals surface area (Å²) in [4.78, 5) is 13.0. The maximum Gasteiger partial charge on any atom is 0.226 e. The molecule has 0 aromatic heterocycles. The Morgan fingerprint density at radius 3 is 2.29 bits per heavy atom. The Hall–Kier alpha value is -0.570. The highest BCUT2D eigenvalue weighted by Crippen LogP contribution is 2.60. The van der Waals surface area contributed by atoms with Gasteiger partial charge in [0.2, 0.25) is 5.91 Å². The van der Waals surface area contributed by atoms with Crippen LogP contribution < -0.4 is 10.6 Å². The molecule has 5 rings (SSSR count). The summed E-state index contributed by atoms with van der Waals surface area (Å²) in [6.45, 7) is 0. The highest BCUT2D eigenvalue weighted by molar-refractivity contribution is 5.83. The van der Waals surface area contributed by atoms with Gasteiger partial charge in [-0.2, -0.15) is 0 Å². The predicted octanol–water partition coefficient (Wildman–Crippen LogP) is 2.85. The number of hydrogen-bond donors (Lipinski definition) is 2. The summed E-state index contributed by atoms with van der Waals surface area (Å²) in [6, 6.07) is 1.15. The van der Waals surface area contributed by atoms with E-state index in [2.05, 4.69) is 17.7 Å². The van der Waals surface area contributed by atoms with Crippen LogP contribution in [-0.4, -0.2) is 25.0 Å². The smallest absolute Gasteiger partial charge is 0.226 e. The first-order valence-corrected chi connectivity index (χ1v) is 9.18. The molecule has 0 saturated heterocycles. The first-order chi connectivity index (χ1) is 10.2. The Kier molecular flexibility index (Phi) is 3.52. The molecule has 0 aromatic carbocycles. The molecule has 0 spiro atoms. The second kappa shape index (κ2) is 5.26. The Balaban J connectivity index is 1.48. The summed E-state index contributed by atoms with van der Waals surface area (Å²) in [5, 5.41) is 7.00. The molecule has 1 amide bonds. The first-order valence-electron chi connectivity index (χ1n) is 9.18. The first kappa shape index (κ1) is 14.0. The predicted molar refractivity (Wildman–Crippen MR) is 83.9 cm³/mol. The highest BCUT2D eigenvalue weighted by atomic mass is 16.2. The molecule has 5 saturated carbocycles. The lowest BCUT2D eigenvalue weighted by Gasteiger charge is -2.59. The van der Waals surface area contributed by atoms with Crippen LogP contribution in [0.1, 0.15) is 64.2 Å². The van der Waals surface area contributed by atoms with Crippen molar-refractivity contribution in [3.05, 3.63) is 0 Å². The minimum Gasteiger partial charge on any atom is -0.353 e. The number of hydrogen-bond acceptors (Lipinski definition) is 2. The van der Waals surface area contributed by atoms with Crippen molar-refractivity contribution in [3.8, 4) is 0 Å². The fourth-order valence-corrected chi connectivity index (χ4v) is 6.36. The van der Waals surface area contributed by atoms with Gasteiger partial charge < -0.3 is 10.6 Å². The van der Waals surface area contributed by atoms with Gasteiger partial charge in [-0.05, 0) is 69.7 Å². The topological polar surface area (TPSA) is 41.1 Å². The third-order valence-corrected chi connectivity index (χ3v) is 7.03. The van der Waals surface area contributed by atoms with E-state index >= 15 is 0 Å². The molecule has 5 aliphatic carbocycles. The van der Waals surface area contributed by atoms with Gasteiger partial charge in [-0.25, -0.2) is 0 Å². The van der Waals surface area contributed by atoms with E-state index in [0.717, 1.165) is 30.6 Å². The van der Waals surface area contributed by atoms with Crippen LogP contribution >= 0.6 is 0 Å². The van der Waals surface area contributed by atoms with Gasteiger partial charge in [0.05, 0.1) is 5.41 Å². The van der Waals surface area contributed by atoms with Gasteiger partial charge in [0, 0.05) is 12.1 Å². The maximum atomic E-state index is 13.0. The molecule has 0 heterocycles. The number of carbonyl (C=O) groups is 1. The third kappa shape index (κ3) is 2.32. The van der Waals surface area contributed by atoms with Crippen molar-refractivity contribution in [1.82, 2.24) is 10.6 Å². The Morgan fingerprint density at radius 1 is 1.00 bits per heavy atom.